The van der Waals surface area contributed by atoms with Crippen molar-refractivity contribution >= 4 is 97.1 Å². The second kappa shape index (κ2) is 15.2. The molecule has 0 radical (unpaired) electrons. The summed E-state index contributed by atoms with van der Waals surface area (Å²) in [6.07, 6.45) is 0. The monoisotopic (exact) mass is 911 g/mol. The molecule has 7 heteroatoms. The van der Waals surface area contributed by atoms with E-state index in [4.69, 9.17) is 19.4 Å². The molecule has 5 heterocycles. The van der Waals surface area contributed by atoms with Crippen LogP contribution in [0.25, 0.3) is 142 Å². The van der Waals surface area contributed by atoms with Gasteiger partial charge in [-0.15, -0.1) is 11.3 Å². The van der Waals surface area contributed by atoms with E-state index in [2.05, 4.69) is 203 Å². The highest BCUT2D eigenvalue weighted by molar-refractivity contribution is 7.26. The van der Waals surface area contributed by atoms with Crippen LogP contribution in [0, 0.1) is 0 Å². The van der Waals surface area contributed by atoms with Gasteiger partial charge in [0.25, 0.3) is 0 Å². The maximum absolute atomic E-state index is 6.70. The Labute approximate surface area is 404 Å². The fourth-order valence-corrected chi connectivity index (χ4v) is 12.2. The molecule has 0 unspecified atom stereocenters. The first-order valence-electron chi connectivity index (χ1n) is 23.5. The van der Waals surface area contributed by atoms with Crippen LogP contribution in [0.1, 0.15) is 0 Å². The molecule has 0 aliphatic rings. The summed E-state index contributed by atoms with van der Waals surface area (Å²) in [5.41, 5.74) is 13.4. The summed E-state index contributed by atoms with van der Waals surface area (Å²) in [6, 6.07) is 79.5. The molecule has 0 spiro atoms. The molecule has 0 aliphatic heterocycles. The second-order valence-corrected chi connectivity index (χ2v) is 18.9. The first-order valence-corrected chi connectivity index (χ1v) is 24.3. The summed E-state index contributed by atoms with van der Waals surface area (Å²) < 4.78 is 13.9. The number of rotatable bonds is 6. The minimum absolute atomic E-state index is 0.531. The number of aromatic nitrogens is 5. The van der Waals surface area contributed by atoms with Gasteiger partial charge in [0, 0.05) is 69.3 Å². The third-order valence-electron chi connectivity index (χ3n) is 14.0. The van der Waals surface area contributed by atoms with Gasteiger partial charge in [-0.25, -0.2) is 4.98 Å². The SMILES string of the molecule is c1ccc(-c2nc(-c3cccc4oc5ccc(-c6cccc7sc8c(-c9ccccc9)cccc8c67)cc5c34)nc(-n3c4ccccc4c4ccc5c6ccccc6n(-c6ccccc6)c5c43)n2)cc1. The fourth-order valence-electron chi connectivity index (χ4n) is 11.0. The van der Waals surface area contributed by atoms with Crippen LogP contribution in [0.4, 0.5) is 0 Å². The molecule has 10 aromatic carbocycles. The first-order chi connectivity index (χ1) is 34.7. The lowest BCUT2D eigenvalue weighted by Gasteiger charge is -2.13. The molecule has 5 aromatic heterocycles. The molecule has 15 aromatic rings. The van der Waals surface area contributed by atoms with Crippen LogP contribution < -0.4 is 0 Å². The zero-order valence-corrected chi connectivity index (χ0v) is 38.2. The number of para-hydroxylation sites is 3. The standard InChI is InChI=1S/C63H37N5OS/c1-4-17-38(18-5-1)43-26-14-27-48-57-42(25-16-32-55(57)70-60(43)48)40-33-36-53-50(37-40)56-49(28-15-31-54(56)69-53)62-64-61(39-19-6-2-7-20-39)65-63(66-62)68-52-30-13-11-24-45(52)47-35-34-46-44-23-10-12-29-51(44)67(58(46)59(47)68)41-21-8-3-9-22-41/h1-37H. The van der Waals surface area contributed by atoms with E-state index in [9.17, 15) is 0 Å². The Morgan fingerprint density at radius 3 is 1.73 bits per heavy atom. The van der Waals surface area contributed by atoms with Gasteiger partial charge in [-0.2, -0.15) is 9.97 Å². The lowest BCUT2D eigenvalue weighted by atomic mass is 9.96. The Bertz CT molecular complexity index is 4590. The number of benzene rings is 10. The Kier molecular flexibility index (Phi) is 8.43. The first kappa shape index (κ1) is 38.9. The van der Waals surface area contributed by atoms with Crippen LogP contribution in [0.2, 0.25) is 0 Å². The molecule has 0 N–H and O–H groups in total. The molecule has 0 saturated carbocycles. The smallest absolute Gasteiger partial charge is 0.238 e. The van der Waals surface area contributed by atoms with Crippen molar-refractivity contribution in [3.63, 3.8) is 0 Å². The van der Waals surface area contributed by atoms with Gasteiger partial charge in [-0.1, -0.05) is 176 Å². The highest BCUT2D eigenvalue weighted by atomic mass is 32.1. The molecular weight excluding hydrogens is 875 g/mol. The van der Waals surface area contributed by atoms with Gasteiger partial charge in [0.2, 0.25) is 5.95 Å². The number of hydrogen-bond donors (Lipinski definition) is 0. The molecule has 326 valence electrons. The largest absolute Gasteiger partial charge is 0.456 e. The summed E-state index contributed by atoms with van der Waals surface area (Å²) >= 11 is 1.86. The number of nitrogens with zero attached hydrogens (tertiary/aromatic N) is 5. The average Bonchev–Trinajstić information content (AvgIpc) is 4.19. The Morgan fingerprint density at radius 1 is 0.357 bits per heavy atom. The predicted molar refractivity (Wildman–Crippen MR) is 290 cm³/mol. The lowest BCUT2D eigenvalue weighted by molar-refractivity contribution is 0.669. The van der Waals surface area contributed by atoms with Crippen LogP contribution in [0.15, 0.2) is 229 Å². The van der Waals surface area contributed by atoms with E-state index in [1.54, 1.807) is 0 Å². The third kappa shape index (κ3) is 5.76. The highest BCUT2D eigenvalue weighted by Crippen LogP contribution is 2.46. The van der Waals surface area contributed by atoms with Crippen molar-refractivity contribution in [3.05, 3.63) is 224 Å². The normalized spacial score (nSPS) is 12.0. The van der Waals surface area contributed by atoms with Gasteiger partial charge in [-0.3, -0.25) is 4.57 Å². The van der Waals surface area contributed by atoms with Gasteiger partial charge >= 0.3 is 0 Å². The second-order valence-electron chi connectivity index (χ2n) is 17.9. The van der Waals surface area contributed by atoms with Crippen molar-refractivity contribution < 1.29 is 4.42 Å². The van der Waals surface area contributed by atoms with Crippen molar-refractivity contribution in [2.45, 2.75) is 0 Å². The zero-order valence-electron chi connectivity index (χ0n) is 37.4. The molecule has 0 bridgehead atoms. The van der Waals surface area contributed by atoms with Crippen LogP contribution >= 0.6 is 11.3 Å². The molecular formula is C63H37N5OS. The van der Waals surface area contributed by atoms with Gasteiger partial charge in [-0.05, 0) is 70.8 Å². The lowest BCUT2D eigenvalue weighted by Crippen LogP contribution is -2.07. The fraction of sp³-hybridized carbons (Fsp3) is 0. The van der Waals surface area contributed by atoms with E-state index < -0.39 is 0 Å². The van der Waals surface area contributed by atoms with Crippen LogP contribution in [0.3, 0.4) is 0 Å². The zero-order chi connectivity index (χ0) is 45.9. The average molecular weight is 912 g/mol. The summed E-state index contributed by atoms with van der Waals surface area (Å²) in [6.45, 7) is 0. The number of furan rings is 1. The van der Waals surface area contributed by atoms with Gasteiger partial charge in [0.05, 0.1) is 22.1 Å². The molecule has 6 nitrogen and oxygen atoms in total. The van der Waals surface area contributed by atoms with Crippen LogP contribution in [0.5, 0.6) is 0 Å². The van der Waals surface area contributed by atoms with E-state index in [1.807, 2.05) is 41.7 Å². The Morgan fingerprint density at radius 2 is 0.957 bits per heavy atom. The highest BCUT2D eigenvalue weighted by Gasteiger charge is 2.25. The van der Waals surface area contributed by atoms with Gasteiger partial charge in [0.1, 0.15) is 11.2 Å². The minimum Gasteiger partial charge on any atom is -0.456 e. The molecule has 15 rings (SSSR count). The molecule has 70 heavy (non-hydrogen) atoms. The summed E-state index contributed by atoms with van der Waals surface area (Å²) in [5, 5.41) is 9.04. The molecule has 0 saturated heterocycles. The molecule has 0 fully saturated rings. The maximum Gasteiger partial charge on any atom is 0.238 e. The van der Waals surface area contributed by atoms with Crippen LogP contribution in [-0.2, 0) is 0 Å². The predicted octanol–water partition coefficient (Wildman–Crippen LogP) is 17.0. The van der Waals surface area contributed by atoms with Gasteiger partial charge in [0.15, 0.2) is 11.6 Å². The number of hydrogen-bond acceptors (Lipinski definition) is 5. The summed E-state index contributed by atoms with van der Waals surface area (Å²) in [5.74, 6) is 1.67. The minimum atomic E-state index is 0.531. The van der Waals surface area contributed by atoms with Crippen molar-refractivity contribution in [2.75, 3.05) is 0 Å². The van der Waals surface area contributed by atoms with Crippen molar-refractivity contribution in [1.29, 1.82) is 0 Å². The van der Waals surface area contributed by atoms with Gasteiger partial charge < -0.3 is 8.98 Å². The van der Waals surface area contributed by atoms with Crippen LogP contribution in [-0.4, -0.2) is 24.1 Å². The summed E-state index contributed by atoms with van der Waals surface area (Å²) in [4.78, 5) is 16.3. The topological polar surface area (TPSA) is 61.7 Å². The van der Waals surface area contributed by atoms with E-state index in [1.165, 1.54) is 42.2 Å². The summed E-state index contributed by atoms with van der Waals surface area (Å²) in [7, 11) is 0. The number of fused-ring (bicyclic) bond motifs is 13. The van der Waals surface area contributed by atoms with Crippen molar-refractivity contribution in [2.24, 2.45) is 0 Å². The van der Waals surface area contributed by atoms with Crippen molar-refractivity contribution in [3.8, 4) is 56.7 Å². The molecule has 0 atom stereocenters. The quantitative estimate of drug-likeness (QED) is 0.167. The Hall–Kier alpha value is -9.17. The van der Waals surface area contributed by atoms with E-state index >= 15 is 0 Å². The molecule has 0 aliphatic carbocycles. The van der Waals surface area contributed by atoms with Crippen molar-refractivity contribution in [1.82, 2.24) is 24.1 Å². The van der Waals surface area contributed by atoms with E-state index in [0.717, 1.165) is 82.5 Å². The van der Waals surface area contributed by atoms with E-state index in [0.29, 0.717) is 17.6 Å². The maximum atomic E-state index is 6.70. The number of thiophene rings is 1. The third-order valence-corrected chi connectivity index (χ3v) is 15.2. The van der Waals surface area contributed by atoms with E-state index in [-0.39, 0.29) is 0 Å². The molecule has 0 amide bonds. The Balaban J connectivity index is 0.992.